The number of anilines is 1. The predicted octanol–water partition coefficient (Wildman–Crippen LogP) is 2.04. The Labute approximate surface area is 230 Å². The molecule has 14 heteroatoms. The Hall–Kier alpha value is -4.69. The van der Waals surface area contributed by atoms with E-state index in [0.717, 1.165) is 0 Å². The van der Waals surface area contributed by atoms with Crippen molar-refractivity contribution in [2.75, 3.05) is 19.1 Å². The second-order valence-electron chi connectivity index (χ2n) is 8.33. The summed E-state index contributed by atoms with van der Waals surface area (Å²) in [5.41, 5.74) is 3.27. The largest absolute Gasteiger partial charge is 0.467 e. The van der Waals surface area contributed by atoms with Crippen molar-refractivity contribution in [2.24, 2.45) is 5.10 Å². The number of aromatic nitrogens is 2. The van der Waals surface area contributed by atoms with Crippen LogP contribution < -0.4 is 16.1 Å². The van der Waals surface area contributed by atoms with E-state index in [4.69, 9.17) is 4.74 Å². The summed E-state index contributed by atoms with van der Waals surface area (Å²) in [5.74, 6) is -1.17. The Morgan fingerprint density at radius 2 is 1.80 bits per heavy atom. The fourth-order valence-corrected chi connectivity index (χ4v) is 4.15. The topological polar surface area (TPSA) is 189 Å². The number of ether oxygens (including phenoxy) is 1. The summed E-state index contributed by atoms with van der Waals surface area (Å²) in [6, 6.07) is 12.8. The van der Waals surface area contributed by atoms with Gasteiger partial charge in [-0.2, -0.15) is 13.5 Å². The number of rotatable bonds is 13. The molecule has 2 heterocycles. The molecule has 0 aliphatic heterocycles. The van der Waals surface area contributed by atoms with Crippen LogP contribution >= 0.6 is 0 Å². The van der Waals surface area contributed by atoms with Gasteiger partial charge < -0.3 is 15.4 Å². The van der Waals surface area contributed by atoms with Gasteiger partial charge in [0.1, 0.15) is 22.4 Å². The van der Waals surface area contributed by atoms with Gasteiger partial charge in [0, 0.05) is 24.5 Å². The van der Waals surface area contributed by atoms with E-state index in [9.17, 15) is 27.4 Å². The minimum atomic E-state index is -4.42. The van der Waals surface area contributed by atoms with Crippen LogP contribution in [0.5, 0.6) is 0 Å². The molecule has 0 bridgehead atoms. The van der Waals surface area contributed by atoms with Crippen molar-refractivity contribution in [3.05, 3.63) is 83.8 Å². The Bertz CT molecular complexity index is 1450. The van der Waals surface area contributed by atoms with Crippen molar-refractivity contribution in [2.45, 2.75) is 30.2 Å². The number of carbonyl (C=O) groups is 3. The van der Waals surface area contributed by atoms with Gasteiger partial charge in [-0.25, -0.2) is 9.78 Å². The number of esters is 1. The zero-order valence-electron chi connectivity index (χ0n) is 21.5. The lowest BCUT2D eigenvalue weighted by Crippen LogP contribution is -2.41. The molecule has 0 saturated heterocycles. The molecule has 0 aliphatic rings. The number of nitrogens with one attached hydrogen (secondary N) is 3. The molecule has 0 radical (unpaired) electrons. The lowest BCUT2D eigenvalue weighted by atomic mass is 10.1. The van der Waals surface area contributed by atoms with Crippen LogP contribution in [0.3, 0.4) is 0 Å². The molecule has 0 saturated carbocycles. The van der Waals surface area contributed by atoms with Gasteiger partial charge in [-0.05, 0) is 49.6 Å². The van der Waals surface area contributed by atoms with Crippen LogP contribution in [0.4, 0.5) is 5.82 Å². The minimum Gasteiger partial charge on any atom is -0.467 e. The number of pyridine rings is 2. The number of benzene rings is 1. The zero-order chi connectivity index (χ0) is 29.0. The first-order valence-corrected chi connectivity index (χ1v) is 13.5. The highest BCUT2D eigenvalue weighted by molar-refractivity contribution is 7.86. The summed E-state index contributed by atoms with van der Waals surface area (Å²) in [7, 11) is -3.19. The number of hydrogen-bond donors (Lipinski definition) is 4. The molecule has 1 aromatic carbocycles. The van der Waals surface area contributed by atoms with Gasteiger partial charge in [-0.15, -0.1) is 0 Å². The van der Waals surface area contributed by atoms with E-state index in [1.807, 2.05) is 0 Å². The number of unbranched alkanes of at least 4 members (excludes halogenated alkanes) is 1. The highest BCUT2D eigenvalue weighted by atomic mass is 32.2. The molecule has 0 fully saturated rings. The zero-order valence-corrected chi connectivity index (χ0v) is 22.3. The van der Waals surface area contributed by atoms with E-state index >= 15 is 0 Å². The second-order valence-corrected chi connectivity index (χ2v) is 9.72. The smallest absolute Gasteiger partial charge is 0.328 e. The van der Waals surface area contributed by atoms with Gasteiger partial charge in [-0.1, -0.05) is 24.3 Å². The predicted molar refractivity (Wildman–Crippen MR) is 145 cm³/mol. The SMILES string of the molecule is COC(=O)C(CCCCNC(=O)c1ccccn1)NC(=O)c1ccc(NN=Cc2ccccc2S(=O)(=O)O)nc1. The van der Waals surface area contributed by atoms with Gasteiger partial charge in [0.25, 0.3) is 21.9 Å². The number of hydrazone groups is 1. The normalized spacial score (nSPS) is 11.9. The van der Waals surface area contributed by atoms with Crippen LogP contribution in [0.2, 0.25) is 0 Å². The van der Waals surface area contributed by atoms with Crippen molar-refractivity contribution >= 4 is 39.9 Å². The third-order valence-electron chi connectivity index (χ3n) is 5.50. The van der Waals surface area contributed by atoms with Crippen molar-refractivity contribution in [1.29, 1.82) is 0 Å². The number of nitrogens with zero attached hydrogens (tertiary/aromatic N) is 3. The average Bonchev–Trinajstić information content (AvgIpc) is 2.96. The van der Waals surface area contributed by atoms with Crippen LogP contribution in [-0.2, 0) is 19.6 Å². The maximum Gasteiger partial charge on any atom is 0.328 e. The molecule has 2 aromatic heterocycles. The molecule has 13 nitrogen and oxygen atoms in total. The minimum absolute atomic E-state index is 0.165. The lowest BCUT2D eigenvalue weighted by Gasteiger charge is -2.16. The first kappa shape index (κ1) is 29.9. The Morgan fingerprint density at radius 1 is 1.02 bits per heavy atom. The summed E-state index contributed by atoms with van der Waals surface area (Å²) < 4.78 is 37.0. The second kappa shape index (κ2) is 14.5. The molecule has 0 aliphatic carbocycles. The first-order valence-electron chi connectivity index (χ1n) is 12.1. The van der Waals surface area contributed by atoms with Crippen molar-refractivity contribution < 1.29 is 32.1 Å². The van der Waals surface area contributed by atoms with Crippen molar-refractivity contribution in [3.8, 4) is 0 Å². The van der Waals surface area contributed by atoms with Crippen LogP contribution in [-0.4, -0.2) is 66.6 Å². The third kappa shape index (κ3) is 8.96. The standard InChI is InChI=1S/C26H28N6O7S/c1-39-26(35)21(10-5-7-15-28-25(34)20-9-4-6-14-27-20)31-24(33)19-12-13-23(29-16-19)32-30-17-18-8-2-3-11-22(18)40(36,37)38/h2-4,6,8-9,11-14,16-17,21H,5,7,10,15H2,1H3,(H,28,34)(H,29,32)(H,31,33)(H,36,37,38). The van der Waals surface area contributed by atoms with Crippen molar-refractivity contribution in [1.82, 2.24) is 20.6 Å². The monoisotopic (exact) mass is 568 g/mol. The fraction of sp³-hybridized carbons (Fsp3) is 0.231. The Morgan fingerprint density at radius 3 is 2.48 bits per heavy atom. The quantitative estimate of drug-likeness (QED) is 0.0780. The molecular weight excluding hydrogens is 540 g/mol. The first-order chi connectivity index (χ1) is 19.2. The molecule has 1 unspecified atom stereocenters. The number of methoxy groups -OCH3 is 1. The molecule has 210 valence electrons. The lowest BCUT2D eigenvalue weighted by molar-refractivity contribution is -0.143. The molecule has 4 N–H and O–H groups in total. The molecule has 2 amide bonds. The van der Waals surface area contributed by atoms with Gasteiger partial charge in [-0.3, -0.25) is 24.6 Å². The van der Waals surface area contributed by atoms with E-state index < -0.39 is 28.0 Å². The molecule has 40 heavy (non-hydrogen) atoms. The Kier molecular flexibility index (Phi) is 10.8. The van der Waals surface area contributed by atoms with Crippen LogP contribution in [0.25, 0.3) is 0 Å². The van der Waals surface area contributed by atoms with E-state index in [0.29, 0.717) is 31.5 Å². The molecule has 3 aromatic rings. The summed E-state index contributed by atoms with van der Waals surface area (Å²) in [4.78, 5) is 44.7. The third-order valence-corrected chi connectivity index (χ3v) is 6.43. The fourth-order valence-electron chi connectivity index (χ4n) is 3.48. The van der Waals surface area contributed by atoms with E-state index in [1.165, 1.54) is 56.0 Å². The maximum absolute atomic E-state index is 12.7. The highest BCUT2D eigenvalue weighted by Gasteiger charge is 2.22. The highest BCUT2D eigenvalue weighted by Crippen LogP contribution is 2.13. The Balaban J connectivity index is 1.50. The van der Waals surface area contributed by atoms with Crippen LogP contribution in [0.1, 0.15) is 45.7 Å². The number of hydrogen-bond acceptors (Lipinski definition) is 10. The average molecular weight is 569 g/mol. The van der Waals surface area contributed by atoms with Gasteiger partial charge >= 0.3 is 5.97 Å². The summed E-state index contributed by atoms with van der Waals surface area (Å²) >= 11 is 0. The maximum atomic E-state index is 12.7. The van der Waals surface area contributed by atoms with Crippen LogP contribution in [0.15, 0.2) is 77.0 Å². The van der Waals surface area contributed by atoms with Gasteiger partial charge in [0.2, 0.25) is 0 Å². The van der Waals surface area contributed by atoms with Gasteiger partial charge in [0.05, 0.1) is 18.9 Å². The number of carbonyl (C=O) groups excluding carboxylic acids is 3. The molecular formula is C26H28N6O7S. The van der Waals surface area contributed by atoms with Gasteiger partial charge in [0.15, 0.2) is 0 Å². The van der Waals surface area contributed by atoms with E-state index in [2.05, 4.69) is 31.1 Å². The summed E-state index contributed by atoms with van der Waals surface area (Å²) in [6.45, 7) is 0.375. The molecule has 3 rings (SSSR count). The summed E-state index contributed by atoms with van der Waals surface area (Å²) in [5, 5.41) is 9.30. The van der Waals surface area contributed by atoms with E-state index in [1.54, 1.807) is 24.3 Å². The molecule has 1 atom stereocenters. The van der Waals surface area contributed by atoms with Crippen LogP contribution in [0, 0.1) is 0 Å². The number of amides is 2. The summed E-state index contributed by atoms with van der Waals surface area (Å²) in [6.07, 6.45) is 5.41. The molecule has 0 spiro atoms. The van der Waals surface area contributed by atoms with Crippen molar-refractivity contribution in [3.63, 3.8) is 0 Å². The van der Waals surface area contributed by atoms with E-state index in [-0.39, 0.29) is 27.7 Å².